The molecule has 0 fully saturated rings. The lowest BCUT2D eigenvalue weighted by Crippen LogP contribution is -2.51. The number of imide groups is 1. The summed E-state index contributed by atoms with van der Waals surface area (Å²) in [7, 11) is 1.40. The van der Waals surface area contributed by atoms with Crippen LogP contribution in [0.5, 0.6) is 0 Å². The van der Waals surface area contributed by atoms with Gasteiger partial charge in [-0.25, -0.2) is 4.79 Å². The average Bonchev–Trinajstić information content (AvgIpc) is 2.25. The molecule has 0 saturated carbocycles. The van der Waals surface area contributed by atoms with Crippen molar-refractivity contribution in [3.8, 4) is 0 Å². The highest BCUT2D eigenvalue weighted by Gasteiger charge is 2.24. The molecule has 0 aliphatic heterocycles. The van der Waals surface area contributed by atoms with Gasteiger partial charge in [-0.15, -0.1) is 0 Å². The molecule has 0 aromatic carbocycles. The highest BCUT2D eigenvalue weighted by Crippen LogP contribution is 2.04. The third kappa shape index (κ3) is 6.19. The monoisotopic (exact) mass is 259 g/mol. The molecule has 0 aromatic rings. The van der Waals surface area contributed by atoms with E-state index in [-0.39, 0.29) is 12.5 Å². The maximum absolute atomic E-state index is 11.7. The van der Waals surface area contributed by atoms with Crippen LogP contribution in [-0.4, -0.2) is 54.1 Å². The number of amides is 3. The lowest BCUT2D eigenvalue weighted by Gasteiger charge is -2.27. The molecular weight excluding hydrogens is 238 g/mol. The Balaban J connectivity index is 4.61. The Bertz CT molecular complexity index is 317. The molecule has 0 heterocycles. The van der Waals surface area contributed by atoms with Crippen LogP contribution in [0.1, 0.15) is 20.8 Å². The van der Waals surface area contributed by atoms with Crippen molar-refractivity contribution < 1.29 is 19.5 Å². The SMILES string of the molecule is CNC(=O)NC(=O)C(C)N(CC(=O)O)CC(C)C. The quantitative estimate of drug-likeness (QED) is 0.617. The van der Waals surface area contributed by atoms with Gasteiger partial charge in [-0.1, -0.05) is 13.8 Å². The number of nitrogens with zero attached hydrogens (tertiary/aromatic N) is 1. The van der Waals surface area contributed by atoms with E-state index >= 15 is 0 Å². The third-order valence-electron chi connectivity index (χ3n) is 2.33. The van der Waals surface area contributed by atoms with Gasteiger partial charge in [-0.05, 0) is 12.8 Å². The van der Waals surface area contributed by atoms with Gasteiger partial charge in [0, 0.05) is 13.6 Å². The van der Waals surface area contributed by atoms with E-state index in [1.54, 1.807) is 6.92 Å². The number of carboxylic acid groups (broad SMARTS) is 1. The number of carboxylic acids is 1. The Morgan fingerprint density at radius 2 is 1.78 bits per heavy atom. The molecular formula is C11H21N3O4. The number of carbonyl (C=O) groups is 3. The minimum atomic E-state index is -1.00. The van der Waals surface area contributed by atoms with Crippen molar-refractivity contribution in [2.24, 2.45) is 5.92 Å². The van der Waals surface area contributed by atoms with E-state index in [0.29, 0.717) is 6.54 Å². The van der Waals surface area contributed by atoms with Crippen molar-refractivity contribution in [3.05, 3.63) is 0 Å². The molecule has 1 unspecified atom stereocenters. The van der Waals surface area contributed by atoms with Crippen LogP contribution in [0.3, 0.4) is 0 Å². The molecule has 3 amide bonds. The summed E-state index contributed by atoms with van der Waals surface area (Å²) in [6, 6.07) is -1.28. The van der Waals surface area contributed by atoms with Crippen LogP contribution in [0.25, 0.3) is 0 Å². The van der Waals surface area contributed by atoms with Crippen molar-refractivity contribution in [3.63, 3.8) is 0 Å². The fourth-order valence-corrected chi connectivity index (χ4v) is 1.45. The molecule has 7 nitrogen and oxygen atoms in total. The van der Waals surface area contributed by atoms with Crippen LogP contribution < -0.4 is 10.6 Å². The van der Waals surface area contributed by atoms with Gasteiger partial charge in [0.2, 0.25) is 5.91 Å². The second kappa shape index (κ2) is 7.65. The van der Waals surface area contributed by atoms with E-state index in [1.807, 2.05) is 13.8 Å². The molecule has 0 aliphatic carbocycles. The van der Waals surface area contributed by atoms with E-state index in [9.17, 15) is 14.4 Å². The number of aliphatic carboxylic acids is 1. The number of hydrogen-bond acceptors (Lipinski definition) is 4. The summed E-state index contributed by atoms with van der Waals surface area (Å²) >= 11 is 0. The van der Waals surface area contributed by atoms with Gasteiger partial charge >= 0.3 is 12.0 Å². The zero-order valence-electron chi connectivity index (χ0n) is 11.2. The van der Waals surface area contributed by atoms with Crippen LogP contribution in [-0.2, 0) is 9.59 Å². The molecule has 0 saturated heterocycles. The fraction of sp³-hybridized carbons (Fsp3) is 0.727. The van der Waals surface area contributed by atoms with Gasteiger partial charge in [-0.3, -0.25) is 19.8 Å². The van der Waals surface area contributed by atoms with Gasteiger partial charge in [0.05, 0.1) is 12.6 Å². The highest BCUT2D eigenvalue weighted by molar-refractivity contribution is 5.96. The summed E-state index contributed by atoms with van der Waals surface area (Å²) in [4.78, 5) is 35.0. The minimum absolute atomic E-state index is 0.222. The largest absolute Gasteiger partial charge is 0.480 e. The number of urea groups is 1. The summed E-state index contributed by atoms with van der Waals surface area (Å²) in [5.41, 5.74) is 0. The first kappa shape index (κ1) is 16.4. The fourth-order valence-electron chi connectivity index (χ4n) is 1.45. The zero-order chi connectivity index (χ0) is 14.3. The second-order valence-corrected chi connectivity index (χ2v) is 4.46. The third-order valence-corrected chi connectivity index (χ3v) is 2.33. The van der Waals surface area contributed by atoms with Crippen molar-refractivity contribution in [2.75, 3.05) is 20.1 Å². The Morgan fingerprint density at radius 3 is 2.17 bits per heavy atom. The van der Waals surface area contributed by atoms with Crippen LogP contribution >= 0.6 is 0 Å². The van der Waals surface area contributed by atoms with Gasteiger partial charge in [0.1, 0.15) is 0 Å². The van der Waals surface area contributed by atoms with Gasteiger partial charge < -0.3 is 10.4 Å². The van der Waals surface area contributed by atoms with Crippen LogP contribution in [0.4, 0.5) is 4.79 Å². The molecule has 18 heavy (non-hydrogen) atoms. The summed E-state index contributed by atoms with van der Waals surface area (Å²) in [5, 5.41) is 13.2. The smallest absolute Gasteiger partial charge is 0.321 e. The first-order chi connectivity index (χ1) is 8.27. The van der Waals surface area contributed by atoms with Crippen molar-refractivity contribution in [1.29, 1.82) is 0 Å². The molecule has 0 aliphatic rings. The second-order valence-electron chi connectivity index (χ2n) is 4.46. The topological polar surface area (TPSA) is 98.7 Å². The molecule has 0 spiro atoms. The molecule has 7 heteroatoms. The van der Waals surface area contributed by atoms with Gasteiger partial charge in [-0.2, -0.15) is 0 Å². The number of hydrogen-bond donors (Lipinski definition) is 3. The van der Waals surface area contributed by atoms with Crippen LogP contribution in [0, 0.1) is 5.92 Å². The highest BCUT2D eigenvalue weighted by atomic mass is 16.4. The van der Waals surface area contributed by atoms with E-state index in [0.717, 1.165) is 0 Å². The Kier molecular flexibility index (Phi) is 6.96. The average molecular weight is 259 g/mol. The maximum atomic E-state index is 11.7. The van der Waals surface area contributed by atoms with Crippen molar-refractivity contribution >= 4 is 17.9 Å². The molecule has 0 radical (unpaired) electrons. The zero-order valence-corrected chi connectivity index (χ0v) is 11.2. The molecule has 1 atom stereocenters. The van der Waals surface area contributed by atoms with Crippen molar-refractivity contribution in [1.82, 2.24) is 15.5 Å². The van der Waals surface area contributed by atoms with Crippen LogP contribution in [0.2, 0.25) is 0 Å². The summed E-state index contributed by atoms with van der Waals surface area (Å²) in [5.74, 6) is -1.30. The van der Waals surface area contributed by atoms with E-state index in [4.69, 9.17) is 5.11 Å². The summed E-state index contributed by atoms with van der Waals surface area (Å²) < 4.78 is 0. The summed E-state index contributed by atoms with van der Waals surface area (Å²) in [6.07, 6.45) is 0. The van der Waals surface area contributed by atoms with Gasteiger partial charge in [0.15, 0.2) is 0 Å². The van der Waals surface area contributed by atoms with E-state index in [1.165, 1.54) is 11.9 Å². The number of carbonyl (C=O) groups excluding carboxylic acids is 2. The molecule has 3 N–H and O–H groups in total. The molecule has 0 bridgehead atoms. The summed E-state index contributed by atoms with van der Waals surface area (Å²) in [6.45, 7) is 5.66. The molecule has 0 rings (SSSR count). The lowest BCUT2D eigenvalue weighted by molar-refractivity contribution is -0.139. The predicted octanol–water partition coefficient (Wildman–Crippen LogP) is -0.127. The number of nitrogens with one attached hydrogen (secondary N) is 2. The lowest BCUT2D eigenvalue weighted by atomic mass is 10.1. The van der Waals surface area contributed by atoms with E-state index < -0.39 is 23.9 Å². The molecule has 104 valence electrons. The standard InChI is InChI=1S/C11H21N3O4/c1-7(2)5-14(6-9(15)16)8(3)10(17)13-11(18)12-4/h7-8H,5-6H2,1-4H3,(H,15,16)(H2,12,13,17,18). The molecule has 0 aromatic heterocycles. The maximum Gasteiger partial charge on any atom is 0.321 e. The minimum Gasteiger partial charge on any atom is -0.480 e. The first-order valence-electron chi connectivity index (χ1n) is 5.76. The Morgan fingerprint density at radius 1 is 1.22 bits per heavy atom. The predicted molar refractivity (Wildman–Crippen MR) is 66.1 cm³/mol. The normalized spacial score (nSPS) is 12.3. The Hall–Kier alpha value is -1.63. The number of rotatable bonds is 6. The van der Waals surface area contributed by atoms with E-state index in [2.05, 4.69) is 10.6 Å². The van der Waals surface area contributed by atoms with Crippen molar-refractivity contribution in [2.45, 2.75) is 26.8 Å². The first-order valence-corrected chi connectivity index (χ1v) is 5.76. The van der Waals surface area contributed by atoms with Gasteiger partial charge in [0.25, 0.3) is 0 Å². The Labute approximate surface area is 107 Å². The van der Waals surface area contributed by atoms with Crippen LogP contribution in [0.15, 0.2) is 0 Å².